The average Bonchev–Trinajstić information content (AvgIpc) is 3.31. The van der Waals surface area contributed by atoms with Crippen molar-refractivity contribution < 1.29 is 8.98 Å². The molecule has 0 N–H and O–H groups in total. The largest absolute Gasteiger partial charge is 0.456 e. The molecule has 0 unspecified atom stereocenters. The van der Waals surface area contributed by atoms with Crippen molar-refractivity contribution in [1.29, 1.82) is 0 Å². The van der Waals surface area contributed by atoms with Crippen molar-refractivity contribution in [2.45, 2.75) is 46.6 Å². The zero-order valence-electron chi connectivity index (χ0n) is 25.3. The number of aryl methyl sites for hydroxylation is 2. The lowest BCUT2D eigenvalue weighted by molar-refractivity contribution is -0.633. The number of hydrogen-bond donors (Lipinski definition) is 0. The van der Waals surface area contributed by atoms with Gasteiger partial charge < -0.3 is 4.42 Å². The van der Waals surface area contributed by atoms with Crippen LogP contribution < -0.4 is 20.1 Å². The van der Waals surface area contributed by atoms with E-state index in [-0.39, 0.29) is 0 Å². The summed E-state index contributed by atoms with van der Waals surface area (Å²) in [7, 11) is -1.42. The molecule has 6 aromatic rings. The number of rotatable bonds is 4. The Morgan fingerprint density at radius 2 is 1.49 bits per heavy atom. The first-order valence-corrected chi connectivity index (χ1v) is 20.8. The highest BCUT2D eigenvalue weighted by Gasteiger charge is 2.34. The molecule has 3 nitrogen and oxygen atoms in total. The summed E-state index contributed by atoms with van der Waals surface area (Å²) < 4.78 is 8.98. The van der Waals surface area contributed by atoms with Gasteiger partial charge in [-0.3, -0.25) is 0 Å². The van der Waals surface area contributed by atoms with Crippen molar-refractivity contribution in [2.24, 2.45) is 7.05 Å². The molecule has 5 heteroatoms. The first kappa shape index (κ1) is 27.2. The minimum Gasteiger partial charge on any atom is -0.456 e. The Morgan fingerprint density at radius 1 is 0.756 bits per heavy atom. The maximum atomic E-state index is 7.50. The van der Waals surface area contributed by atoms with E-state index in [0.29, 0.717) is 5.69 Å². The van der Waals surface area contributed by atoms with Crippen LogP contribution >= 0.6 is 0 Å². The molecule has 0 amide bonds. The van der Waals surface area contributed by atoms with Crippen molar-refractivity contribution in [2.75, 3.05) is 0 Å². The Morgan fingerprint density at radius 3 is 2.17 bits per heavy atom. The number of benzene rings is 4. The molecule has 0 saturated heterocycles. The molecule has 6 rings (SSSR count). The quantitative estimate of drug-likeness (QED) is 0.121. The van der Waals surface area contributed by atoms with Gasteiger partial charge in [0.05, 0.1) is 20.2 Å². The maximum Gasteiger partial charge on any atom is 0.216 e. The summed E-state index contributed by atoms with van der Waals surface area (Å²) in [5.74, 6) is 0. The number of pyridine rings is 1. The Bertz CT molecular complexity index is 2040. The molecule has 41 heavy (non-hydrogen) atoms. The third-order valence-electron chi connectivity index (χ3n) is 8.98. The SMILES string of the molecule is [C-]#[N+]c1ccc2c(c1)oc1c(-c3cc([Si](C)(C)c4ccccc4)c4cc([Si](C)(C)C)ccc4[n+]3C)c(C)c(C)cc12. The fourth-order valence-electron chi connectivity index (χ4n) is 6.22. The summed E-state index contributed by atoms with van der Waals surface area (Å²) in [5, 5.41) is 7.89. The molecule has 0 bridgehead atoms. The van der Waals surface area contributed by atoms with Gasteiger partial charge in [0.2, 0.25) is 11.2 Å². The molecule has 0 aliphatic heterocycles. The van der Waals surface area contributed by atoms with E-state index in [2.05, 4.69) is 124 Å². The lowest BCUT2D eigenvalue weighted by Gasteiger charge is -2.26. The fraction of sp³-hybridized carbons (Fsp3) is 0.222. The summed E-state index contributed by atoms with van der Waals surface area (Å²) in [6.07, 6.45) is 0. The highest BCUT2D eigenvalue weighted by atomic mass is 28.3. The van der Waals surface area contributed by atoms with E-state index < -0.39 is 16.1 Å². The van der Waals surface area contributed by atoms with Crippen LogP contribution in [0.3, 0.4) is 0 Å². The van der Waals surface area contributed by atoms with Gasteiger partial charge in [-0.25, -0.2) is 4.85 Å². The molecule has 0 saturated carbocycles. The van der Waals surface area contributed by atoms with Gasteiger partial charge in [0, 0.05) is 28.3 Å². The Labute approximate surface area is 244 Å². The molecule has 0 fully saturated rings. The molecule has 2 heterocycles. The average molecular weight is 570 g/mol. The number of nitrogens with zero attached hydrogens (tertiary/aromatic N) is 2. The van der Waals surface area contributed by atoms with Crippen LogP contribution in [-0.4, -0.2) is 16.1 Å². The predicted octanol–water partition coefficient (Wildman–Crippen LogP) is 7.77. The van der Waals surface area contributed by atoms with Gasteiger partial charge in [-0.05, 0) is 48.4 Å². The second-order valence-corrected chi connectivity index (χ2v) is 22.4. The monoisotopic (exact) mass is 569 g/mol. The van der Waals surface area contributed by atoms with Crippen LogP contribution in [0.25, 0.3) is 48.9 Å². The first-order chi connectivity index (χ1) is 19.4. The number of hydrogen-bond acceptors (Lipinski definition) is 1. The van der Waals surface area contributed by atoms with Gasteiger partial charge in [-0.1, -0.05) is 91.6 Å². The molecular weight excluding hydrogens is 533 g/mol. The highest BCUT2D eigenvalue weighted by molar-refractivity contribution is 7.01. The predicted molar refractivity (Wildman–Crippen MR) is 180 cm³/mol. The summed E-state index contributed by atoms with van der Waals surface area (Å²) in [6.45, 7) is 24.1. The van der Waals surface area contributed by atoms with Crippen molar-refractivity contribution in [3.63, 3.8) is 0 Å². The first-order valence-electron chi connectivity index (χ1n) is 14.3. The third kappa shape index (κ3) is 4.34. The van der Waals surface area contributed by atoms with Gasteiger partial charge in [-0.2, -0.15) is 4.57 Å². The van der Waals surface area contributed by atoms with E-state index in [0.717, 1.165) is 27.5 Å². The van der Waals surface area contributed by atoms with Crippen LogP contribution in [0, 0.1) is 20.4 Å². The number of aromatic nitrogens is 1. The van der Waals surface area contributed by atoms with E-state index in [1.54, 1.807) is 0 Å². The summed E-state index contributed by atoms with van der Waals surface area (Å²) in [5.41, 5.74) is 8.26. The fourth-order valence-corrected chi connectivity index (χ4v) is 10.1. The lowest BCUT2D eigenvalue weighted by atomic mass is 9.96. The number of fused-ring (bicyclic) bond motifs is 4. The van der Waals surface area contributed by atoms with Crippen LogP contribution in [0.1, 0.15) is 11.1 Å². The summed E-state index contributed by atoms with van der Waals surface area (Å²) in [4.78, 5) is 3.64. The molecule has 204 valence electrons. The molecule has 2 aromatic heterocycles. The summed E-state index contributed by atoms with van der Waals surface area (Å²) >= 11 is 0. The Balaban J connectivity index is 1.75. The normalized spacial score (nSPS) is 12.4. The topological polar surface area (TPSA) is 21.4 Å². The van der Waals surface area contributed by atoms with Crippen molar-refractivity contribution >= 4 is 70.2 Å². The minimum atomic E-state index is -2.09. The van der Waals surface area contributed by atoms with E-state index >= 15 is 0 Å². The van der Waals surface area contributed by atoms with Crippen molar-refractivity contribution in [1.82, 2.24) is 0 Å². The molecule has 0 radical (unpaired) electrons. The van der Waals surface area contributed by atoms with Crippen molar-refractivity contribution in [3.05, 3.63) is 101 Å². The molecule has 0 aliphatic rings. The second kappa shape index (κ2) is 9.54. The molecular formula is C36H37N2OSi2+. The van der Waals surface area contributed by atoms with Gasteiger partial charge in [0.25, 0.3) is 0 Å². The molecule has 0 aliphatic carbocycles. The minimum absolute atomic E-state index is 0.596. The van der Waals surface area contributed by atoms with Gasteiger partial charge in [0.15, 0.2) is 5.69 Å². The van der Waals surface area contributed by atoms with Gasteiger partial charge >= 0.3 is 0 Å². The highest BCUT2D eigenvalue weighted by Crippen LogP contribution is 2.40. The summed E-state index contributed by atoms with van der Waals surface area (Å²) in [6, 6.07) is 28.7. The zero-order chi connectivity index (χ0) is 29.3. The third-order valence-corrected chi connectivity index (χ3v) is 14.6. The Kier molecular flexibility index (Phi) is 6.33. The molecule has 4 aromatic carbocycles. The van der Waals surface area contributed by atoms with Gasteiger partial charge in [0.1, 0.15) is 26.3 Å². The lowest BCUT2D eigenvalue weighted by Crippen LogP contribution is -2.55. The Hall–Kier alpha value is -3.99. The maximum absolute atomic E-state index is 7.50. The smallest absolute Gasteiger partial charge is 0.216 e. The van der Waals surface area contributed by atoms with E-state index in [4.69, 9.17) is 11.0 Å². The molecule has 0 atom stereocenters. The van der Waals surface area contributed by atoms with Crippen LogP contribution in [0.5, 0.6) is 0 Å². The van der Waals surface area contributed by atoms with Crippen LogP contribution in [0.15, 0.2) is 83.3 Å². The van der Waals surface area contributed by atoms with Crippen molar-refractivity contribution in [3.8, 4) is 11.3 Å². The van der Waals surface area contributed by atoms with Crippen LogP contribution in [0.2, 0.25) is 32.7 Å². The van der Waals surface area contributed by atoms with E-state index in [1.165, 1.54) is 43.3 Å². The van der Waals surface area contributed by atoms with Crippen LogP contribution in [-0.2, 0) is 7.05 Å². The number of furan rings is 1. The standard InChI is InChI=1S/C36H37N2OSi2/c1-23-19-29-28-17-15-25(37-3)20-33(28)39-36(29)35(24(23)2)32-22-34(41(8,9)26-13-11-10-12-14-26)30-21-27(40(5,6)7)16-18-31(30)38(32)4/h10-22H,1-2,4-9H3/q+1. The van der Waals surface area contributed by atoms with E-state index in [1.807, 2.05) is 18.2 Å². The second-order valence-electron chi connectivity index (χ2n) is 12.9. The molecule has 0 spiro atoms. The zero-order valence-corrected chi connectivity index (χ0v) is 27.3. The van der Waals surface area contributed by atoms with Gasteiger partial charge in [-0.15, -0.1) is 0 Å². The van der Waals surface area contributed by atoms with E-state index in [9.17, 15) is 0 Å². The van der Waals surface area contributed by atoms with Crippen LogP contribution in [0.4, 0.5) is 5.69 Å².